The van der Waals surface area contributed by atoms with E-state index >= 15 is 0 Å². The summed E-state index contributed by atoms with van der Waals surface area (Å²) < 4.78 is 19.6. The number of rotatable bonds is 10. The van der Waals surface area contributed by atoms with E-state index in [0.29, 0.717) is 72.9 Å². The Morgan fingerprint density at radius 3 is 1.55 bits per heavy atom. The molecule has 0 heterocycles. The average molecular weight is 903 g/mol. The Balaban J connectivity index is 0.000000212. The van der Waals surface area contributed by atoms with Gasteiger partial charge < -0.3 is 18.9 Å². The number of esters is 4. The Morgan fingerprint density at radius 2 is 1.03 bits per heavy atom. The van der Waals surface area contributed by atoms with Crippen molar-refractivity contribution in [1.82, 2.24) is 0 Å². The maximum absolute atomic E-state index is 12.3. The lowest BCUT2D eigenvalue weighted by Crippen LogP contribution is -2.51. The van der Waals surface area contributed by atoms with Gasteiger partial charge in [0.15, 0.2) is 23.4 Å². The van der Waals surface area contributed by atoms with Crippen LogP contribution in [0.15, 0.2) is 35.5 Å². The van der Waals surface area contributed by atoms with Gasteiger partial charge in [-0.15, -0.1) is 0 Å². The van der Waals surface area contributed by atoms with Crippen LogP contribution in [0.2, 0.25) is 0 Å². The molecule has 8 aliphatic carbocycles. The van der Waals surface area contributed by atoms with Crippen LogP contribution in [0.3, 0.4) is 0 Å². The maximum atomic E-state index is 12.3. The number of ketones is 2. The summed E-state index contributed by atoms with van der Waals surface area (Å²) in [6.45, 7) is 14.1. The van der Waals surface area contributed by atoms with E-state index in [1.54, 1.807) is 0 Å². The number of fused-ring (bicyclic) bond motifs is 10. The van der Waals surface area contributed by atoms with E-state index < -0.39 is 35.7 Å². The molecule has 0 bridgehead atoms. The summed E-state index contributed by atoms with van der Waals surface area (Å²) in [7, 11) is 5.33. The fraction of sp³-hybridized carbons (Fsp3) is 0.782. The van der Waals surface area contributed by atoms with Gasteiger partial charge in [0.2, 0.25) is 0 Å². The van der Waals surface area contributed by atoms with Crippen molar-refractivity contribution in [1.29, 1.82) is 0 Å². The third-order valence-electron chi connectivity index (χ3n) is 20.2. The molecule has 0 spiro atoms. The van der Waals surface area contributed by atoms with Crippen LogP contribution in [0, 0.1) is 92.7 Å². The topological polar surface area (TPSA) is 139 Å². The third-order valence-corrected chi connectivity index (χ3v) is 20.2. The molecule has 0 aromatic heterocycles. The van der Waals surface area contributed by atoms with Crippen molar-refractivity contribution >= 4 is 35.4 Å². The lowest BCUT2D eigenvalue weighted by molar-refractivity contribution is -0.161. The van der Waals surface area contributed by atoms with E-state index in [1.165, 1.54) is 91.0 Å². The molecule has 8 unspecified atom stereocenters. The molecule has 0 N–H and O–H groups in total. The van der Waals surface area contributed by atoms with Crippen molar-refractivity contribution in [2.75, 3.05) is 28.4 Å². The van der Waals surface area contributed by atoms with Crippen LogP contribution in [0.5, 0.6) is 0 Å². The van der Waals surface area contributed by atoms with Crippen LogP contribution in [-0.2, 0) is 47.7 Å². The summed E-state index contributed by atoms with van der Waals surface area (Å²) in [6.07, 6.45) is 24.6. The van der Waals surface area contributed by atoms with Crippen molar-refractivity contribution in [3.8, 4) is 0 Å². The number of allylic oxidation sites excluding steroid dienone is 5. The molecule has 0 amide bonds. The smallest absolute Gasteiger partial charge is 0.320 e. The standard InChI is InChI=1S/C27H40O5.C27H38O5.CH4/c2*1-16(14-20(24(29)31-4)25(30)32-5)21-8-9-22-19-7-6-17-15-18(28)10-12-26(17,2)23(19)11-13-27(21,22)3;/h15-16,19-23H,6-14H2,1-5H3;6-7,15-16,19-23H,8-14H2,1-5H3;1H4/t2*16-,19?,21?,22?,23?,26+,27-;/m11./s1. The molecule has 0 saturated heterocycles. The quantitative estimate of drug-likeness (QED) is 0.118. The molecule has 8 rings (SSSR count). The van der Waals surface area contributed by atoms with Crippen molar-refractivity contribution < 1.29 is 47.7 Å². The van der Waals surface area contributed by atoms with E-state index in [-0.39, 0.29) is 46.7 Å². The fourth-order valence-electron chi connectivity index (χ4n) is 16.7. The number of hydrogen-bond donors (Lipinski definition) is 0. The Bertz CT molecular complexity index is 1910. The van der Waals surface area contributed by atoms with Gasteiger partial charge in [-0.3, -0.25) is 28.8 Å². The predicted octanol–water partition coefficient (Wildman–Crippen LogP) is 10.7. The number of carbonyl (C=O) groups excluding carboxylic acids is 6. The summed E-state index contributed by atoms with van der Waals surface area (Å²) in [4.78, 5) is 73.1. The van der Waals surface area contributed by atoms with Crippen LogP contribution in [0.1, 0.15) is 152 Å². The van der Waals surface area contributed by atoms with Crippen molar-refractivity contribution in [3.05, 3.63) is 35.5 Å². The highest BCUT2D eigenvalue weighted by Crippen LogP contribution is 2.69. The summed E-state index contributed by atoms with van der Waals surface area (Å²) in [6, 6.07) is 0. The summed E-state index contributed by atoms with van der Waals surface area (Å²) in [5, 5.41) is 0. The number of ether oxygens (including phenoxy) is 4. The second-order valence-electron chi connectivity index (χ2n) is 22.7. The van der Waals surface area contributed by atoms with Gasteiger partial charge in [-0.2, -0.15) is 0 Å². The molecule has 14 atom stereocenters. The first-order chi connectivity index (χ1) is 30.3. The minimum Gasteiger partial charge on any atom is -0.468 e. The second-order valence-corrected chi connectivity index (χ2v) is 22.7. The minimum absolute atomic E-state index is 0. The van der Waals surface area contributed by atoms with Gasteiger partial charge in [-0.05, 0) is 188 Å². The van der Waals surface area contributed by atoms with Gasteiger partial charge in [0.25, 0.3) is 0 Å². The molecule has 10 heteroatoms. The molecule has 10 nitrogen and oxygen atoms in total. The third kappa shape index (κ3) is 8.88. The van der Waals surface area contributed by atoms with Gasteiger partial charge in [0, 0.05) is 12.8 Å². The molecule has 0 aromatic carbocycles. The van der Waals surface area contributed by atoms with Gasteiger partial charge in [0.05, 0.1) is 28.4 Å². The Kier molecular flexibility index (Phi) is 15.3. The highest BCUT2D eigenvalue weighted by Gasteiger charge is 2.61. The predicted molar refractivity (Wildman–Crippen MR) is 250 cm³/mol. The van der Waals surface area contributed by atoms with Crippen molar-refractivity contribution in [2.24, 2.45) is 92.7 Å². The summed E-state index contributed by atoms with van der Waals surface area (Å²) >= 11 is 0. The zero-order valence-corrected chi connectivity index (χ0v) is 40.6. The van der Waals surface area contributed by atoms with E-state index in [2.05, 4.69) is 53.7 Å². The molecule has 362 valence electrons. The first-order valence-corrected chi connectivity index (χ1v) is 24.8. The molecule has 0 radical (unpaired) electrons. The first kappa shape index (κ1) is 50.8. The summed E-state index contributed by atoms with van der Waals surface area (Å²) in [5.41, 5.74) is 3.41. The molecular weight excluding hydrogens is 821 g/mol. The number of carbonyl (C=O) groups is 6. The Morgan fingerprint density at radius 1 is 0.569 bits per heavy atom. The molecule has 0 aliphatic heterocycles. The maximum Gasteiger partial charge on any atom is 0.320 e. The SMILES string of the molecule is C.COC(=O)C(C[C@@H](C)C1CCC2C3C=CC4=CC(=O)CC[C@]4(C)C3CC[C@@]21C)C(=O)OC.COC(=O)C(C[C@@H](C)C1CCC2C3CCC4=CC(=O)CC[C@]4(C)C3CC[C@@]21C)C(=O)OC. The van der Waals surface area contributed by atoms with E-state index in [0.717, 1.165) is 31.6 Å². The lowest BCUT2D eigenvalue weighted by Gasteiger charge is -2.58. The van der Waals surface area contributed by atoms with E-state index in [4.69, 9.17) is 18.9 Å². The van der Waals surface area contributed by atoms with Crippen LogP contribution in [0.4, 0.5) is 0 Å². The second kappa shape index (κ2) is 19.6. The normalized spacial score (nSPS) is 38.6. The molecule has 0 aromatic rings. The molecule has 8 aliphatic rings. The van der Waals surface area contributed by atoms with Crippen molar-refractivity contribution in [2.45, 2.75) is 152 Å². The van der Waals surface area contributed by atoms with E-state index in [1.807, 2.05) is 12.2 Å². The largest absolute Gasteiger partial charge is 0.468 e. The zero-order chi connectivity index (χ0) is 46.5. The lowest BCUT2D eigenvalue weighted by atomic mass is 9.46. The first-order valence-electron chi connectivity index (χ1n) is 24.8. The summed E-state index contributed by atoms with van der Waals surface area (Å²) in [5.74, 6) is 2.23. The van der Waals surface area contributed by atoms with Gasteiger partial charge in [-0.1, -0.05) is 66.7 Å². The fourth-order valence-corrected chi connectivity index (χ4v) is 16.7. The Hall–Kier alpha value is -3.56. The molecule has 5 saturated carbocycles. The van der Waals surface area contributed by atoms with Gasteiger partial charge >= 0.3 is 23.9 Å². The highest BCUT2D eigenvalue weighted by atomic mass is 16.5. The van der Waals surface area contributed by atoms with Gasteiger partial charge in [-0.25, -0.2) is 0 Å². The molecular formula is C55H82O10. The molecule has 5 fully saturated rings. The van der Waals surface area contributed by atoms with Crippen LogP contribution < -0.4 is 0 Å². The van der Waals surface area contributed by atoms with E-state index in [9.17, 15) is 28.8 Å². The van der Waals surface area contributed by atoms with Crippen LogP contribution >= 0.6 is 0 Å². The minimum atomic E-state index is -0.847. The number of methoxy groups -OCH3 is 4. The monoisotopic (exact) mass is 903 g/mol. The zero-order valence-electron chi connectivity index (χ0n) is 40.6. The average Bonchev–Trinajstić information content (AvgIpc) is 3.83. The van der Waals surface area contributed by atoms with Gasteiger partial charge in [0.1, 0.15) is 0 Å². The molecule has 65 heavy (non-hydrogen) atoms. The number of hydrogen-bond acceptors (Lipinski definition) is 10. The van der Waals surface area contributed by atoms with Crippen LogP contribution in [-0.4, -0.2) is 63.9 Å². The van der Waals surface area contributed by atoms with Crippen molar-refractivity contribution in [3.63, 3.8) is 0 Å². The highest BCUT2D eigenvalue weighted by molar-refractivity contribution is 5.95. The Labute approximate surface area is 390 Å². The van der Waals surface area contributed by atoms with Crippen LogP contribution in [0.25, 0.3) is 0 Å².